The molecule has 2 aliphatic rings. The molecule has 6 heteroatoms. The number of halogens is 1. The number of nitrogens with zero attached hydrogens (tertiary/aromatic N) is 3. The average molecular weight is 487 g/mol. The van der Waals surface area contributed by atoms with Crippen LogP contribution in [0.25, 0.3) is 0 Å². The number of ether oxygens (including phenoxy) is 1. The van der Waals surface area contributed by atoms with Crippen LogP contribution in [0.3, 0.4) is 0 Å². The van der Waals surface area contributed by atoms with Gasteiger partial charge in [-0.2, -0.15) is 0 Å². The van der Waals surface area contributed by atoms with Crippen LogP contribution in [0.2, 0.25) is 0 Å². The van der Waals surface area contributed by atoms with E-state index in [9.17, 15) is 0 Å². The Morgan fingerprint density at radius 2 is 1.69 bits per heavy atom. The fourth-order valence-electron chi connectivity index (χ4n) is 4.49. The SMILES string of the molecule is Cc1cccc2c1B1c3c(I)cccc3N(c3ccccc3)c3ncnc(c31)O2. The summed E-state index contributed by atoms with van der Waals surface area (Å²) < 4.78 is 7.49. The molecule has 3 aromatic carbocycles. The Morgan fingerprint density at radius 1 is 0.862 bits per heavy atom. The molecule has 138 valence electrons. The summed E-state index contributed by atoms with van der Waals surface area (Å²) in [5, 5.41) is 0. The molecule has 2 aliphatic heterocycles. The second kappa shape index (κ2) is 6.32. The minimum Gasteiger partial charge on any atom is -0.440 e. The van der Waals surface area contributed by atoms with Crippen LogP contribution in [-0.2, 0) is 0 Å². The van der Waals surface area contributed by atoms with E-state index < -0.39 is 0 Å². The Hall–Kier alpha value is -2.87. The van der Waals surface area contributed by atoms with Gasteiger partial charge in [0.05, 0.1) is 0 Å². The Morgan fingerprint density at radius 3 is 2.55 bits per heavy atom. The maximum absolute atomic E-state index is 6.26. The number of para-hydroxylation sites is 1. The van der Waals surface area contributed by atoms with E-state index in [0.29, 0.717) is 5.88 Å². The highest BCUT2D eigenvalue weighted by Gasteiger charge is 2.44. The van der Waals surface area contributed by atoms with E-state index in [1.807, 2.05) is 18.2 Å². The predicted octanol–water partition coefficient (Wildman–Crippen LogP) is 3.79. The molecule has 1 aromatic heterocycles. The van der Waals surface area contributed by atoms with E-state index in [1.54, 1.807) is 6.33 Å². The molecule has 0 fully saturated rings. The molecule has 29 heavy (non-hydrogen) atoms. The van der Waals surface area contributed by atoms with Crippen molar-refractivity contribution in [2.24, 2.45) is 0 Å². The fraction of sp³-hybridized carbons (Fsp3) is 0.0435. The molecule has 0 radical (unpaired) electrons. The molecular formula is C23H15BIN3O. The lowest BCUT2D eigenvalue weighted by Gasteiger charge is -2.39. The van der Waals surface area contributed by atoms with Crippen molar-refractivity contribution in [2.45, 2.75) is 6.92 Å². The van der Waals surface area contributed by atoms with Gasteiger partial charge in [-0.1, -0.05) is 42.0 Å². The first-order valence-electron chi connectivity index (χ1n) is 9.50. The van der Waals surface area contributed by atoms with Gasteiger partial charge < -0.3 is 4.74 Å². The Labute approximate surface area is 182 Å². The van der Waals surface area contributed by atoms with Crippen molar-refractivity contribution in [2.75, 3.05) is 4.90 Å². The van der Waals surface area contributed by atoms with Crippen LogP contribution >= 0.6 is 22.6 Å². The minimum absolute atomic E-state index is 0.0502. The summed E-state index contributed by atoms with van der Waals surface area (Å²) >= 11 is 2.45. The van der Waals surface area contributed by atoms with E-state index >= 15 is 0 Å². The molecule has 0 amide bonds. The fourth-order valence-corrected chi connectivity index (χ4v) is 5.29. The standard InChI is InChI=1S/C23H15BIN3O/c1-14-7-5-12-18-19(14)24-20-16(25)10-6-11-17(20)28(15-8-3-2-4-9-15)22-21(24)23(29-18)27-13-26-22/h2-13H,1H3. The summed E-state index contributed by atoms with van der Waals surface area (Å²) in [7, 11) is 0. The summed E-state index contributed by atoms with van der Waals surface area (Å²) in [4.78, 5) is 11.5. The first-order chi connectivity index (χ1) is 14.2. The van der Waals surface area contributed by atoms with Crippen molar-refractivity contribution in [1.82, 2.24) is 9.97 Å². The number of hydrogen-bond donors (Lipinski definition) is 0. The third kappa shape index (κ3) is 2.38. The summed E-state index contributed by atoms with van der Waals surface area (Å²) in [6.45, 7) is 2.20. The minimum atomic E-state index is 0.0502. The average Bonchev–Trinajstić information content (AvgIpc) is 2.74. The lowest BCUT2D eigenvalue weighted by atomic mass is 9.34. The second-order valence-electron chi connectivity index (χ2n) is 7.28. The van der Waals surface area contributed by atoms with Crippen molar-refractivity contribution >= 4 is 62.9 Å². The number of anilines is 3. The van der Waals surface area contributed by atoms with Crippen molar-refractivity contribution in [3.8, 4) is 11.6 Å². The van der Waals surface area contributed by atoms with Gasteiger partial charge in [0.2, 0.25) is 5.88 Å². The molecule has 0 unspecified atom stereocenters. The van der Waals surface area contributed by atoms with Crippen LogP contribution < -0.4 is 26.0 Å². The number of aromatic nitrogens is 2. The van der Waals surface area contributed by atoms with Gasteiger partial charge >= 0.3 is 0 Å². The summed E-state index contributed by atoms with van der Waals surface area (Å²) in [5.74, 6) is 2.41. The first-order valence-corrected chi connectivity index (χ1v) is 10.6. The lowest BCUT2D eigenvalue weighted by Crippen LogP contribution is -2.61. The normalized spacial score (nSPS) is 13.3. The number of hydrogen-bond acceptors (Lipinski definition) is 4. The topological polar surface area (TPSA) is 38.2 Å². The highest BCUT2D eigenvalue weighted by atomic mass is 127. The number of fused-ring (bicyclic) bond motifs is 4. The second-order valence-corrected chi connectivity index (χ2v) is 8.44. The smallest absolute Gasteiger partial charge is 0.262 e. The van der Waals surface area contributed by atoms with Crippen LogP contribution in [0, 0.1) is 10.5 Å². The Kier molecular flexibility index (Phi) is 3.71. The molecule has 0 spiro atoms. The highest BCUT2D eigenvalue weighted by molar-refractivity contribution is 14.1. The van der Waals surface area contributed by atoms with Gasteiger partial charge in [-0.15, -0.1) is 0 Å². The zero-order valence-corrected chi connectivity index (χ0v) is 17.8. The van der Waals surface area contributed by atoms with Crippen LogP contribution in [0.1, 0.15) is 5.56 Å². The van der Waals surface area contributed by atoms with Gasteiger partial charge in [-0.3, -0.25) is 4.90 Å². The number of rotatable bonds is 1. The molecule has 6 rings (SSSR count). The van der Waals surface area contributed by atoms with E-state index in [0.717, 1.165) is 28.4 Å². The Bertz CT molecular complexity index is 1260. The molecule has 0 aliphatic carbocycles. The predicted molar refractivity (Wildman–Crippen MR) is 125 cm³/mol. The zero-order chi connectivity index (χ0) is 19.5. The summed E-state index contributed by atoms with van der Waals surface area (Å²) in [5.41, 5.74) is 6.96. The summed E-state index contributed by atoms with van der Waals surface area (Å²) in [6, 6.07) is 23.1. The van der Waals surface area contributed by atoms with Gasteiger partial charge in [0.25, 0.3) is 6.71 Å². The van der Waals surface area contributed by atoms with Gasteiger partial charge in [0.15, 0.2) is 0 Å². The quantitative estimate of drug-likeness (QED) is 0.262. The van der Waals surface area contributed by atoms with E-state index in [4.69, 9.17) is 9.72 Å². The molecule has 4 nitrogen and oxygen atoms in total. The van der Waals surface area contributed by atoms with Crippen LogP contribution in [-0.4, -0.2) is 16.7 Å². The third-order valence-corrected chi connectivity index (χ3v) is 6.62. The highest BCUT2D eigenvalue weighted by Crippen LogP contribution is 2.39. The van der Waals surface area contributed by atoms with E-state index in [1.165, 1.54) is 20.1 Å². The van der Waals surface area contributed by atoms with Crippen molar-refractivity contribution in [3.63, 3.8) is 0 Å². The van der Waals surface area contributed by atoms with E-state index in [2.05, 4.69) is 87.9 Å². The van der Waals surface area contributed by atoms with Gasteiger partial charge in [-0.05, 0) is 70.8 Å². The van der Waals surface area contributed by atoms with Crippen molar-refractivity contribution in [1.29, 1.82) is 0 Å². The van der Waals surface area contributed by atoms with Gasteiger partial charge in [0, 0.05) is 20.4 Å². The number of aryl methyl sites for hydroxylation is 1. The Balaban J connectivity index is 1.74. The van der Waals surface area contributed by atoms with Crippen molar-refractivity contribution < 1.29 is 4.74 Å². The molecule has 3 heterocycles. The molecule has 0 bridgehead atoms. The molecule has 0 saturated carbocycles. The molecule has 0 atom stereocenters. The molecule has 0 saturated heterocycles. The third-order valence-electron chi connectivity index (χ3n) is 5.68. The lowest BCUT2D eigenvalue weighted by molar-refractivity contribution is 0.466. The number of benzene rings is 3. The van der Waals surface area contributed by atoms with Crippen LogP contribution in [0.15, 0.2) is 73.1 Å². The summed E-state index contributed by atoms with van der Waals surface area (Å²) in [6.07, 6.45) is 1.60. The monoisotopic (exact) mass is 487 g/mol. The molecular weight excluding hydrogens is 472 g/mol. The van der Waals surface area contributed by atoms with Crippen molar-refractivity contribution in [3.05, 3.63) is 82.2 Å². The zero-order valence-electron chi connectivity index (χ0n) is 15.6. The maximum Gasteiger partial charge on any atom is 0.262 e. The van der Waals surface area contributed by atoms with Crippen LogP contribution in [0.4, 0.5) is 17.2 Å². The van der Waals surface area contributed by atoms with E-state index in [-0.39, 0.29) is 6.71 Å². The molecule has 0 N–H and O–H groups in total. The first kappa shape index (κ1) is 17.0. The van der Waals surface area contributed by atoms with Crippen LogP contribution in [0.5, 0.6) is 11.6 Å². The maximum atomic E-state index is 6.26. The van der Waals surface area contributed by atoms with Gasteiger partial charge in [0.1, 0.15) is 17.9 Å². The largest absolute Gasteiger partial charge is 0.440 e. The molecule has 4 aromatic rings. The van der Waals surface area contributed by atoms with Gasteiger partial charge in [-0.25, -0.2) is 9.97 Å².